The molecule has 2 N–H and O–H groups in total. The summed E-state index contributed by atoms with van der Waals surface area (Å²) in [7, 11) is 1.82. The number of hydrogen-bond donors (Lipinski definition) is 2. The predicted octanol–water partition coefficient (Wildman–Crippen LogP) is 2.21. The number of aliphatic hydroxyl groups is 1. The molecule has 0 bridgehead atoms. The molecule has 1 amide bonds. The Labute approximate surface area is 128 Å². The van der Waals surface area contributed by atoms with E-state index in [1.165, 1.54) is 17.3 Å². The van der Waals surface area contributed by atoms with Crippen molar-refractivity contribution in [2.75, 3.05) is 11.1 Å². The maximum absolute atomic E-state index is 11.9. The van der Waals surface area contributed by atoms with Gasteiger partial charge in [-0.25, -0.2) is 4.98 Å². The number of nitrogens with one attached hydrogen (secondary N) is 1. The Morgan fingerprint density at radius 1 is 1.38 bits per heavy atom. The number of thioether (sulfide) groups is 1. The molecule has 0 atom stereocenters. The Morgan fingerprint density at radius 2 is 2.10 bits per heavy atom. The molecule has 0 spiro atoms. The van der Waals surface area contributed by atoms with Crippen LogP contribution in [0, 0.1) is 0 Å². The second-order valence-electron chi connectivity index (χ2n) is 4.64. The van der Waals surface area contributed by atoms with Crippen LogP contribution in [0.5, 0.6) is 0 Å². The highest BCUT2D eigenvalue weighted by molar-refractivity contribution is 7.99. The van der Waals surface area contributed by atoms with Crippen molar-refractivity contribution in [3.8, 4) is 0 Å². The zero-order chi connectivity index (χ0) is 15.2. The summed E-state index contributed by atoms with van der Waals surface area (Å²) in [6.45, 7) is 2.04. The third-order valence-corrected chi connectivity index (χ3v) is 4.23. The highest BCUT2D eigenvalue weighted by atomic mass is 32.2. The molecule has 21 heavy (non-hydrogen) atoms. The van der Waals surface area contributed by atoms with Gasteiger partial charge in [0.05, 0.1) is 24.3 Å². The minimum absolute atomic E-state index is 0.0555. The molecule has 0 radical (unpaired) electrons. The topological polar surface area (TPSA) is 67.2 Å². The number of amides is 1. The van der Waals surface area contributed by atoms with Crippen LogP contribution >= 0.6 is 11.8 Å². The first-order chi connectivity index (χ1) is 10.1. The van der Waals surface area contributed by atoms with E-state index in [0.717, 1.165) is 23.0 Å². The summed E-state index contributed by atoms with van der Waals surface area (Å²) < 4.78 is 1.79. The van der Waals surface area contributed by atoms with Crippen molar-refractivity contribution in [2.45, 2.75) is 25.1 Å². The lowest BCUT2D eigenvalue weighted by molar-refractivity contribution is -0.113. The van der Waals surface area contributed by atoms with Crippen molar-refractivity contribution in [1.82, 2.24) is 9.55 Å². The second kappa shape index (κ2) is 7.28. The average molecular weight is 305 g/mol. The van der Waals surface area contributed by atoms with E-state index in [-0.39, 0.29) is 18.3 Å². The van der Waals surface area contributed by atoms with E-state index in [9.17, 15) is 4.79 Å². The summed E-state index contributed by atoms with van der Waals surface area (Å²) in [4.78, 5) is 16.1. The highest BCUT2D eigenvalue weighted by Gasteiger charge is 2.09. The van der Waals surface area contributed by atoms with Crippen LogP contribution in [0.4, 0.5) is 5.69 Å². The Hall–Kier alpha value is -1.79. The molecule has 112 valence electrons. The molecule has 0 fully saturated rings. The number of nitrogens with zero attached hydrogens (tertiary/aromatic N) is 2. The second-order valence-corrected chi connectivity index (χ2v) is 5.58. The van der Waals surface area contributed by atoms with E-state index in [1.807, 2.05) is 31.3 Å². The minimum Gasteiger partial charge on any atom is -0.390 e. The van der Waals surface area contributed by atoms with Gasteiger partial charge in [0.2, 0.25) is 5.91 Å². The SMILES string of the molecule is CCc1ccc(NC(=O)CSc2ncc(CO)n2C)cc1. The number of carbonyl (C=O) groups excluding carboxylic acids is 1. The van der Waals surface area contributed by atoms with Gasteiger partial charge in [-0.05, 0) is 24.1 Å². The summed E-state index contributed by atoms with van der Waals surface area (Å²) in [6.07, 6.45) is 2.60. The molecule has 0 aliphatic heterocycles. The Kier molecular flexibility index (Phi) is 5.41. The Bertz CT molecular complexity index is 608. The van der Waals surface area contributed by atoms with Crippen molar-refractivity contribution < 1.29 is 9.90 Å². The standard InChI is InChI=1S/C15H19N3O2S/c1-3-11-4-6-12(7-5-11)17-14(20)10-21-15-16-8-13(9-19)18(15)2/h4-8,19H,3,9-10H2,1-2H3,(H,17,20). The molecule has 6 heteroatoms. The van der Waals surface area contributed by atoms with E-state index in [4.69, 9.17) is 5.11 Å². The van der Waals surface area contributed by atoms with E-state index in [1.54, 1.807) is 10.8 Å². The maximum atomic E-state index is 11.9. The number of aliphatic hydroxyl groups excluding tert-OH is 1. The molecule has 1 aromatic heterocycles. The van der Waals surface area contributed by atoms with Crippen molar-refractivity contribution >= 4 is 23.4 Å². The number of aryl methyl sites for hydroxylation is 1. The zero-order valence-electron chi connectivity index (χ0n) is 12.2. The fraction of sp³-hybridized carbons (Fsp3) is 0.333. The van der Waals surface area contributed by atoms with Crippen LogP contribution in [0.1, 0.15) is 18.2 Å². The van der Waals surface area contributed by atoms with Crippen molar-refractivity contribution in [3.05, 3.63) is 41.7 Å². The molecule has 0 saturated heterocycles. The Morgan fingerprint density at radius 3 is 2.67 bits per heavy atom. The highest BCUT2D eigenvalue weighted by Crippen LogP contribution is 2.18. The van der Waals surface area contributed by atoms with Crippen molar-refractivity contribution in [2.24, 2.45) is 7.05 Å². The van der Waals surface area contributed by atoms with Crippen LogP contribution in [0.25, 0.3) is 0 Å². The smallest absolute Gasteiger partial charge is 0.234 e. The largest absolute Gasteiger partial charge is 0.390 e. The maximum Gasteiger partial charge on any atom is 0.234 e. The van der Waals surface area contributed by atoms with Crippen LogP contribution < -0.4 is 5.32 Å². The lowest BCUT2D eigenvalue weighted by atomic mass is 10.1. The van der Waals surface area contributed by atoms with Crippen LogP contribution in [-0.4, -0.2) is 26.3 Å². The summed E-state index contributed by atoms with van der Waals surface area (Å²) in [5.41, 5.74) is 2.77. The molecule has 2 aromatic rings. The normalized spacial score (nSPS) is 10.6. The van der Waals surface area contributed by atoms with E-state index in [0.29, 0.717) is 0 Å². The molecule has 5 nitrogen and oxygen atoms in total. The van der Waals surface area contributed by atoms with Crippen LogP contribution in [0.2, 0.25) is 0 Å². The Balaban J connectivity index is 1.87. The summed E-state index contributed by atoms with van der Waals surface area (Å²) in [5, 5.41) is 12.7. The lowest BCUT2D eigenvalue weighted by Gasteiger charge is -2.06. The van der Waals surface area contributed by atoms with Gasteiger partial charge in [0.25, 0.3) is 0 Å². The monoisotopic (exact) mass is 305 g/mol. The third-order valence-electron chi connectivity index (χ3n) is 3.18. The third kappa shape index (κ3) is 4.09. The van der Waals surface area contributed by atoms with Crippen LogP contribution in [-0.2, 0) is 24.9 Å². The number of imidazole rings is 1. The molecular formula is C15H19N3O2S. The molecule has 2 rings (SSSR count). The van der Waals surface area contributed by atoms with Crippen LogP contribution in [0.15, 0.2) is 35.6 Å². The molecule has 1 aromatic carbocycles. The van der Waals surface area contributed by atoms with Crippen LogP contribution in [0.3, 0.4) is 0 Å². The number of hydrogen-bond acceptors (Lipinski definition) is 4. The van der Waals surface area contributed by atoms with Gasteiger partial charge in [0, 0.05) is 12.7 Å². The predicted molar refractivity (Wildman–Crippen MR) is 84.3 cm³/mol. The van der Waals surface area contributed by atoms with Gasteiger partial charge in [0.15, 0.2) is 5.16 Å². The summed E-state index contributed by atoms with van der Waals surface area (Å²) >= 11 is 1.35. The average Bonchev–Trinajstić information content (AvgIpc) is 2.86. The van der Waals surface area contributed by atoms with Gasteiger partial charge in [-0.1, -0.05) is 30.8 Å². The van der Waals surface area contributed by atoms with Gasteiger partial charge in [-0.15, -0.1) is 0 Å². The van der Waals surface area contributed by atoms with Crippen molar-refractivity contribution in [3.63, 3.8) is 0 Å². The molecule has 0 unspecified atom stereocenters. The number of rotatable bonds is 6. The minimum atomic E-state index is -0.0715. The fourth-order valence-corrected chi connectivity index (χ4v) is 2.63. The molecular weight excluding hydrogens is 286 g/mol. The van der Waals surface area contributed by atoms with E-state index >= 15 is 0 Å². The van der Waals surface area contributed by atoms with E-state index in [2.05, 4.69) is 17.2 Å². The van der Waals surface area contributed by atoms with Gasteiger partial charge in [-0.3, -0.25) is 4.79 Å². The first kappa shape index (κ1) is 15.6. The summed E-state index contributed by atoms with van der Waals surface area (Å²) in [5.74, 6) is 0.212. The van der Waals surface area contributed by atoms with Gasteiger partial charge in [-0.2, -0.15) is 0 Å². The van der Waals surface area contributed by atoms with Gasteiger partial charge >= 0.3 is 0 Å². The number of anilines is 1. The quantitative estimate of drug-likeness (QED) is 0.803. The number of benzene rings is 1. The molecule has 0 aliphatic carbocycles. The zero-order valence-corrected chi connectivity index (χ0v) is 13.0. The molecule has 0 aliphatic rings. The molecule has 1 heterocycles. The lowest BCUT2D eigenvalue weighted by Crippen LogP contribution is -2.14. The van der Waals surface area contributed by atoms with Crippen molar-refractivity contribution in [1.29, 1.82) is 0 Å². The number of aromatic nitrogens is 2. The fourth-order valence-electron chi connectivity index (χ4n) is 1.86. The first-order valence-electron chi connectivity index (χ1n) is 6.77. The number of carbonyl (C=O) groups is 1. The first-order valence-corrected chi connectivity index (χ1v) is 7.75. The van der Waals surface area contributed by atoms with Gasteiger partial charge in [0.1, 0.15) is 0 Å². The summed E-state index contributed by atoms with van der Waals surface area (Å²) in [6, 6.07) is 7.84. The van der Waals surface area contributed by atoms with E-state index < -0.39 is 0 Å². The molecule has 0 saturated carbocycles. The van der Waals surface area contributed by atoms with Gasteiger partial charge < -0.3 is 15.0 Å².